The Bertz CT molecular complexity index is 949. The summed E-state index contributed by atoms with van der Waals surface area (Å²) >= 11 is 0. The molecule has 0 radical (unpaired) electrons. The average molecular weight is 324 g/mol. The van der Waals surface area contributed by atoms with Crippen molar-refractivity contribution in [1.82, 2.24) is 4.98 Å². The quantitative estimate of drug-likeness (QED) is 0.803. The predicted octanol–water partition coefficient (Wildman–Crippen LogP) is 3.37. The molecule has 5 heteroatoms. The highest BCUT2D eigenvalue weighted by Gasteiger charge is 2.09. The van der Waals surface area contributed by atoms with Crippen molar-refractivity contribution in [2.24, 2.45) is 5.14 Å². The number of pyridine rings is 1. The molecule has 0 bridgehead atoms. The number of aryl methyl sites for hydroxylation is 1. The molecule has 3 aromatic rings. The predicted molar refractivity (Wildman–Crippen MR) is 91.2 cm³/mol. The molecule has 0 saturated heterocycles. The van der Waals surface area contributed by atoms with E-state index in [1.165, 1.54) is 11.6 Å². The average Bonchev–Trinajstić information content (AvgIpc) is 2.55. The van der Waals surface area contributed by atoms with Crippen LogP contribution in [0.4, 0.5) is 0 Å². The highest BCUT2D eigenvalue weighted by molar-refractivity contribution is 7.89. The van der Waals surface area contributed by atoms with Crippen LogP contribution in [0, 0.1) is 6.92 Å². The first-order valence-electron chi connectivity index (χ1n) is 7.09. The molecule has 1 aromatic heterocycles. The van der Waals surface area contributed by atoms with Crippen LogP contribution < -0.4 is 5.14 Å². The molecule has 0 spiro atoms. The van der Waals surface area contributed by atoms with Gasteiger partial charge in [-0.1, -0.05) is 42.0 Å². The highest BCUT2D eigenvalue weighted by Crippen LogP contribution is 2.26. The fourth-order valence-corrected chi connectivity index (χ4v) is 2.91. The first-order chi connectivity index (χ1) is 10.9. The third-order valence-electron chi connectivity index (χ3n) is 3.62. The number of benzene rings is 2. The molecule has 3 rings (SSSR count). The summed E-state index contributed by atoms with van der Waals surface area (Å²) in [6, 6.07) is 16.7. The molecule has 2 N–H and O–H groups in total. The third kappa shape index (κ3) is 3.47. The summed E-state index contributed by atoms with van der Waals surface area (Å²) in [7, 11) is -3.72. The van der Waals surface area contributed by atoms with Crippen LogP contribution in [0.3, 0.4) is 0 Å². The van der Waals surface area contributed by atoms with Gasteiger partial charge in [0.05, 0.1) is 4.90 Å². The molecule has 0 aliphatic heterocycles. The van der Waals surface area contributed by atoms with E-state index in [0.29, 0.717) is 0 Å². The maximum atomic E-state index is 11.5. The van der Waals surface area contributed by atoms with E-state index in [2.05, 4.69) is 4.98 Å². The van der Waals surface area contributed by atoms with Crippen LogP contribution >= 0.6 is 0 Å². The Morgan fingerprint density at radius 1 is 0.826 bits per heavy atom. The van der Waals surface area contributed by atoms with Crippen molar-refractivity contribution < 1.29 is 8.42 Å². The number of primary sulfonamides is 1. The van der Waals surface area contributed by atoms with Gasteiger partial charge < -0.3 is 0 Å². The van der Waals surface area contributed by atoms with Crippen molar-refractivity contribution in [3.63, 3.8) is 0 Å². The number of nitrogens with two attached hydrogens (primary N) is 1. The molecular formula is C18H16N2O2S. The molecule has 2 aromatic carbocycles. The second kappa shape index (κ2) is 5.95. The van der Waals surface area contributed by atoms with Gasteiger partial charge in [0.2, 0.25) is 10.0 Å². The van der Waals surface area contributed by atoms with E-state index >= 15 is 0 Å². The fourth-order valence-electron chi connectivity index (χ4n) is 2.35. The van der Waals surface area contributed by atoms with Crippen LogP contribution in [0.5, 0.6) is 0 Å². The molecule has 4 nitrogen and oxygen atoms in total. The number of hydrogen-bond donors (Lipinski definition) is 1. The summed E-state index contributed by atoms with van der Waals surface area (Å²) in [6.45, 7) is 2.04. The minimum Gasteiger partial charge on any atom is -0.263 e. The molecule has 1 heterocycles. The molecule has 0 fully saturated rings. The minimum absolute atomic E-state index is 0.0933. The molecule has 0 amide bonds. The fraction of sp³-hybridized carbons (Fsp3) is 0.0556. The highest BCUT2D eigenvalue weighted by atomic mass is 32.2. The zero-order valence-corrected chi connectivity index (χ0v) is 13.4. The smallest absolute Gasteiger partial charge is 0.238 e. The van der Waals surface area contributed by atoms with Crippen LogP contribution in [-0.4, -0.2) is 13.4 Å². The van der Waals surface area contributed by atoms with E-state index in [9.17, 15) is 8.42 Å². The monoisotopic (exact) mass is 324 g/mol. The van der Waals surface area contributed by atoms with Crippen molar-refractivity contribution in [3.8, 4) is 22.3 Å². The Balaban J connectivity index is 2.05. The van der Waals surface area contributed by atoms with E-state index in [1.54, 1.807) is 24.5 Å². The lowest BCUT2D eigenvalue weighted by Crippen LogP contribution is -2.11. The Morgan fingerprint density at radius 3 is 2.13 bits per heavy atom. The summed E-state index contributed by atoms with van der Waals surface area (Å²) in [5.74, 6) is 0. The van der Waals surface area contributed by atoms with Gasteiger partial charge >= 0.3 is 0 Å². The normalized spacial score (nSPS) is 11.4. The van der Waals surface area contributed by atoms with E-state index in [4.69, 9.17) is 5.14 Å². The van der Waals surface area contributed by atoms with E-state index in [1.807, 2.05) is 43.3 Å². The topological polar surface area (TPSA) is 73.0 Å². The standard InChI is InChI=1S/C18H16N2O2S/c1-13-5-7-14(8-6-13)16-9-17(12-20-11-16)15-3-2-4-18(10-15)23(19,21)22/h2-12H,1H3,(H2,19,21,22). The molecule has 0 aliphatic rings. The zero-order valence-electron chi connectivity index (χ0n) is 12.6. The first-order valence-corrected chi connectivity index (χ1v) is 8.63. The molecule has 116 valence electrons. The lowest BCUT2D eigenvalue weighted by Gasteiger charge is -2.07. The molecule has 0 unspecified atom stereocenters. The van der Waals surface area contributed by atoms with Crippen molar-refractivity contribution >= 4 is 10.0 Å². The Morgan fingerprint density at radius 2 is 1.48 bits per heavy atom. The molecule has 0 aliphatic carbocycles. The molecule has 23 heavy (non-hydrogen) atoms. The van der Waals surface area contributed by atoms with Gasteiger partial charge in [-0.05, 0) is 36.2 Å². The molecule has 0 saturated carbocycles. The van der Waals surface area contributed by atoms with Gasteiger partial charge in [-0.2, -0.15) is 0 Å². The van der Waals surface area contributed by atoms with Gasteiger partial charge in [-0.15, -0.1) is 0 Å². The maximum Gasteiger partial charge on any atom is 0.238 e. The van der Waals surface area contributed by atoms with Crippen molar-refractivity contribution in [1.29, 1.82) is 0 Å². The Labute approximate surface area is 135 Å². The van der Waals surface area contributed by atoms with Gasteiger partial charge in [-0.3, -0.25) is 4.98 Å². The second-order valence-electron chi connectivity index (χ2n) is 5.40. The van der Waals surface area contributed by atoms with Crippen LogP contribution in [0.15, 0.2) is 71.9 Å². The third-order valence-corrected chi connectivity index (χ3v) is 4.53. The van der Waals surface area contributed by atoms with Crippen LogP contribution in [0.2, 0.25) is 0 Å². The van der Waals surface area contributed by atoms with Crippen LogP contribution in [0.25, 0.3) is 22.3 Å². The van der Waals surface area contributed by atoms with Crippen LogP contribution in [-0.2, 0) is 10.0 Å². The summed E-state index contributed by atoms with van der Waals surface area (Å²) in [4.78, 5) is 4.36. The number of aromatic nitrogens is 1. The Kier molecular flexibility index (Phi) is 3.98. The zero-order chi connectivity index (χ0) is 16.4. The van der Waals surface area contributed by atoms with Crippen molar-refractivity contribution in [3.05, 3.63) is 72.6 Å². The van der Waals surface area contributed by atoms with Gasteiger partial charge in [0.25, 0.3) is 0 Å². The summed E-state index contributed by atoms with van der Waals surface area (Å²) in [5, 5.41) is 5.20. The molecule has 0 atom stereocenters. The lowest BCUT2D eigenvalue weighted by atomic mass is 10.0. The van der Waals surface area contributed by atoms with Crippen LogP contribution in [0.1, 0.15) is 5.56 Å². The summed E-state index contributed by atoms with van der Waals surface area (Å²) < 4.78 is 23.0. The number of rotatable bonds is 3. The maximum absolute atomic E-state index is 11.5. The molecular weight excluding hydrogens is 308 g/mol. The van der Waals surface area contributed by atoms with Crippen molar-refractivity contribution in [2.45, 2.75) is 11.8 Å². The van der Waals surface area contributed by atoms with Gasteiger partial charge in [0.15, 0.2) is 0 Å². The van der Waals surface area contributed by atoms with Gasteiger partial charge in [0.1, 0.15) is 0 Å². The number of nitrogens with zero attached hydrogens (tertiary/aromatic N) is 1. The lowest BCUT2D eigenvalue weighted by molar-refractivity contribution is 0.598. The largest absolute Gasteiger partial charge is 0.263 e. The summed E-state index contributed by atoms with van der Waals surface area (Å²) in [5.41, 5.74) is 4.83. The first kappa shape index (κ1) is 15.4. The van der Waals surface area contributed by atoms with E-state index < -0.39 is 10.0 Å². The van der Waals surface area contributed by atoms with E-state index in [0.717, 1.165) is 22.3 Å². The van der Waals surface area contributed by atoms with Gasteiger partial charge in [0, 0.05) is 23.5 Å². The van der Waals surface area contributed by atoms with Crippen molar-refractivity contribution in [2.75, 3.05) is 0 Å². The van der Waals surface area contributed by atoms with Gasteiger partial charge in [-0.25, -0.2) is 13.6 Å². The number of hydrogen-bond acceptors (Lipinski definition) is 3. The SMILES string of the molecule is Cc1ccc(-c2cncc(-c3cccc(S(N)(=O)=O)c3)c2)cc1. The minimum atomic E-state index is -3.72. The number of sulfonamides is 1. The summed E-state index contributed by atoms with van der Waals surface area (Å²) in [6.07, 6.45) is 3.50. The van der Waals surface area contributed by atoms with E-state index in [-0.39, 0.29) is 4.90 Å². The Hall–Kier alpha value is -2.50. The second-order valence-corrected chi connectivity index (χ2v) is 6.96.